The molecule has 0 amide bonds. The first kappa shape index (κ1) is 12.1. The maximum Gasteiger partial charge on any atom is 0.224 e. The van der Waals surface area contributed by atoms with Crippen LogP contribution in [0.2, 0.25) is 5.28 Å². The molecule has 0 N–H and O–H groups in total. The molecule has 88 valence electrons. The SMILES string of the molecule is CCCCN(c1nc(Cl)ncc1Br)C1CC1. The van der Waals surface area contributed by atoms with Gasteiger partial charge in [0.1, 0.15) is 5.82 Å². The molecule has 0 aromatic carbocycles. The zero-order valence-electron chi connectivity index (χ0n) is 9.29. The van der Waals surface area contributed by atoms with Gasteiger partial charge in [0.05, 0.1) is 4.47 Å². The average molecular weight is 305 g/mol. The molecule has 5 heteroatoms. The van der Waals surface area contributed by atoms with E-state index in [4.69, 9.17) is 11.6 Å². The molecule has 0 spiro atoms. The van der Waals surface area contributed by atoms with Crippen molar-refractivity contribution in [3.63, 3.8) is 0 Å². The van der Waals surface area contributed by atoms with Gasteiger partial charge in [0.15, 0.2) is 0 Å². The van der Waals surface area contributed by atoms with Gasteiger partial charge in [0, 0.05) is 18.8 Å². The maximum atomic E-state index is 5.85. The topological polar surface area (TPSA) is 29.0 Å². The Morgan fingerprint density at radius 1 is 1.56 bits per heavy atom. The van der Waals surface area contributed by atoms with Gasteiger partial charge in [-0.25, -0.2) is 4.98 Å². The van der Waals surface area contributed by atoms with Gasteiger partial charge in [-0.05, 0) is 46.8 Å². The lowest BCUT2D eigenvalue weighted by Gasteiger charge is -2.24. The van der Waals surface area contributed by atoms with Crippen molar-refractivity contribution >= 4 is 33.3 Å². The molecule has 1 aliphatic carbocycles. The monoisotopic (exact) mass is 303 g/mol. The molecule has 0 saturated heterocycles. The third-order valence-electron chi connectivity index (χ3n) is 2.71. The standard InChI is InChI=1S/C11H15BrClN3/c1-2-3-6-16(8-4-5-8)10-9(12)7-14-11(13)15-10/h7-8H,2-6H2,1H3. The minimum atomic E-state index is 0.320. The van der Waals surface area contributed by atoms with Gasteiger partial charge in [-0.1, -0.05) is 13.3 Å². The van der Waals surface area contributed by atoms with E-state index in [2.05, 4.69) is 37.7 Å². The summed E-state index contributed by atoms with van der Waals surface area (Å²) in [4.78, 5) is 10.6. The molecular formula is C11H15BrClN3. The lowest BCUT2D eigenvalue weighted by molar-refractivity contribution is 0.702. The fourth-order valence-electron chi connectivity index (χ4n) is 1.71. The smallest absolute Gasteiger partial charge is 0.224 e. The zero-order chi connectivity index (χ0) is 11.5. The van der Waals surface area contributed by atoms with E-state index in [1.807, 2.05) is 0 Å². The van der Waals surface area contributed by atoms with E-state index in [9.17, 15) is 0 Å². The maximum absolute atomic E-state index is 5.85. The highest BCUT2D eigenvalue weighted by atomic mass is 79.9. The molecule has 0 aliphatic heterocycles. The summed E-state index contributed by atoms with van der Waals surface area (Å²) in [5.41, 5.74) is 0. The summed E-state index contributed by atoms with van der Waals surface area (Å²) in [6, 6.07) is 0.647. The van der Waals surface area contributed by atoms with E-state index in [1.165, 1.54) is 25.7 Å². The Bertz CT molecular complexity index is 368. The van der Waals surface area contributed by atoms with Crippen LogP contribution in [0, 0.1) is 0 Å². The van der Waals surface area contributed by atoms with E-state index in [0.717, 1.165) is 16.8 Å². The fraction of sp³-hybridized carbons (Fsp3) is 0.636. The number of aromatic nitrogens is 2. The summed E-state index contributed by atoms with van der Waals surface area (Å²) in [5, 5.41) is 0.320. The summed E-state index contributed by atoms with van der Waals surface area (Å²) in [6.45, 7) is 3.25. The third-order valence-corrected chi connectivity index (χ3v) is 3.45. The Hall–Kier alpha value is -0.350. The highest BCUT2D eigenvalue weighted by molar-refractivity contribution is 9.10. The first-order valence-electron chi connectivity index (χ1n) is 5.67. The van der Waals surface area contributed by atoms with E-state index >= 15 is 0 Å². The molecule has 1 heterocycles. The van der Waals surface area contributed by atoms with Crippen LogP contribution in [-0.2, 0) is 0 Å². The van der Waals surface area contributed by atoms with Crippen LogP contribution in [0.25, 0.3) is 0 Å². The van der Waals surface area contributed by atoms with Crippen LogP contribution in [0.1, 0.15) is 32.6 Å². The lowest BCUT2D eigenvalue weighted by atomic mass is 10.3. The lowest BCUT2D eigenvalue weighted by Crippen LogP contribution is -2.28. The van der Waals surface area contributed by atoms with Crippen molar-refractivity contribution < 1.29 is 0 Å². The number of hydrogen-bond acceptors (Lipinski definition) is 3. The minimum absolute atomic E-state index is 0.320. The summed E-state index contributed by atoms with van der Waals surface area (Å²) < 4.78 is 0.930. The van der Waals surface area contributed by atoms with Crippen LogP contribution in [0.3, 0.4) is 0 Å². The first-order valence-corrected chi connectivity index (χ1v) is 6.84. The van der Waals surface area contributed by atoms with Crippen LogP contribution < -0.4 is 4.90 Å². The molecule has 1 aliphatic rings. The number of rotatable bonds is 5. The summed E-state index contributed by atoms with van der Waals surface area (Å²) in [7, 11) is 0. The van der Waals surface area contributed by atoms with Crippen molar-refractivity contribution in [2.75, 3.05) is 11.4 Å². The van der Waals surface area contributed by atoms with Crippen molar-refractivity contribution in [2.24, 2.45) is 0 Å². The van der Waals surface area contributed by atoms with Crippen molar-refractivity contribution in [1.29, 1.82) is 0 Å². The molecule has 1 aromatic rings. The molecule has 16 heavy (non-hydrogen) atoms. The van der Waals surface area contributed by atoms with Crippen LogP contribution in [0.5, 0.6) is 0 Å². The Labute approximate surface area is 109 Å². The molecule has 1 fully saturated rings. The number of unbranched alkanes of at least 4 members (excludes halogenated alkanes) is 1. The van der Waals surface area contributed by atoms with Crippen LogP contribution in [0.4, 0.5) is 5.82 Å². The van der Waals surface area contributed by atoms with Crippen molar-refractivity contribution in [2.45, 2.75) is 38.6 Å². The van der Waals surface area contributed by atoms with Gasteiger partial charge in [0.25, 0.3) is 0 Å². The molecule has 3 nitrogen and oxygen atoms in total. The van der Waals surface area contributed by atoms with Gasteiger partial charge in [-0.2, -0.15) is 4.98 Å². The second-order valence-corrected chi connectivity index (χ2v) is 5.28. The van der Waals surface area contributed by atoms with E-state index in [0.29, 0.717) is 11.3 Å². The Balaban J connectivity index is 2.19. The van der Waals surface area contributed by atoms with Crippen LogP contribution >= 0.6 is 27.5 Å². The normalized spacial score (nSPS) is 15.2. The largest absolute Gasteiger partial charge is 0.353 e. The van der Waals surface area contributed by atoms with Gasteiger partial charge in [-0.3, -0.25) is 0 Å². The average Bonchev–Trinajstić information content (AvgIpc) is 3.08. The molecule has 1 saturated carbocycles. The Morgan fingerprint density at radius 2 is 2.31 bits per heavy atom. The van der Waals surface area contributed by atoms with E-state index < -0.39 is 0 Å². The highest BCUT2D eigenvalue weighted by Crippen LogP contribution is 2.34. The molecule has 0 bridgehead atoms. The number of anilines is 1. The molecule has 1 aromatic heterocycles. The highest BCUT2D eigenvalue weighted by Gasteiger charge is 2.30. The number of hydrogen-bond donors (Lipinski definition) is 0. The molecule has 0 radical (unpaired) electrons. The number of halogens is 2. The molecule has 0 unspecified atom stereocenters. The summed E-state index contributed by atoms with van der Waals surface area (Å²) >= 11 is 9.34. The number of nitrogens with zero attached hydrogens (tertiary/aromatic N) is 3. The first-order chi connectivity index (χ1) is 7.72. The van der Waals surface area contributed by atoms with Gasteiger partial charge in [-0.15, -0.1) is 0 Å². The van der Waals surface area contributed by atoms with Crippen molar-refractivity contribution in [1.82, 2.24) is 9.97 Å². The second-order valence-electron chi connectivity index (χ2n) is 4.09. The van der Waals surface area contributed by atoms with Crippen molar-refractivity contribution in [3.05, 3.63) is 16.0 Å². The summed E-state index contributed by atoms with van der Waals surface area (Å²) in [5.74, 6) is 0.941. The summed E-state index contributed by atoms with van der Waals surface area (Å²) in [6.07, 6.45) is 6.63. The molecule has 2 rings (SSSR count). The minimum Gasteiger partial charge on any atom is -0.353 e. The quantitative estimate of drug-likeness (QED) is 0.777. The van der Waals surface area contributed by atoms with E-state index in [-0.39, 0.29) is 0 Å². The molecular weight excluding hydrogens is 289 g/mol. The van der Waals surface area contributed by atoms with E-state index in [1.54, 1.807) is 6.20 Å². The third kappa shape index (κ3) is 2.86. The van der Waals surface area contributed by atoms with Crippen LogP contribution in [0.15, 0.2) is 10.7 Å². The van der Waals surface area contributed by atoms with Crippen molar-refractivity contribution in [3.8, 4) is 0 Å². The van der Waals surface area contributed by atoms with Crippen LogP contribution in [-0.4, -0.2) is 22.6 Å². The second kappa shape index (κ2) is 5.32. The van der Waals surface area contributed by atoms with Gasteiger partial charge in [0.2, 0.25) is 5.28 Å². The van der Waals surface area contributed by atoms with Gasteiger partial charge >= 0.3 is 0 Å². The Kier molecular flexibility index (Phi) is 4.03. The Morgan fingerprint density at radius 3 is 2.94 bits per heavy atom. The fourth-order valence-corrected chi connectivity index (χ4v) is 2.26. The zero-order valence-corrected chi connectivity index (χ0v) is 11.6. The van der Waals surface area contributed by atoms with Gasteiger partial charge < -0.3 is 4.90 Å². The predicted octanol–water partition coefficient (Wildman–Crippen LogP) is 3.66. The molecule has 0 atom stereocenters. The predicted molar refractivity (Wildman–Crippen MR) is 70.0 cm³/mol.